The van der Waals surface area contributed by atoms with E-state index < -0.39 is 0 Å². The predicted octanol–water partition coefficient (Wildman–Crippen LogP) is 4.40. The third-order valence-corrected chi connectivity index (χ3v) is 4.21. The molecule has 0 aliphatic rings. The Kier molecular flexibility index (Phi) is 7.52. The van der Waals surface area contributed by atoms with Crippen LogP contribution in [0, 0.1) is 9.49 Å². The van der Waals surface area contributed by atoms with Crippen LogP contribution in [0.3, 0.4) is 0 Å². The van der Waals surface area contributed by atoms with Crippen LogP contribution in [0.15, 0.2) is 48.5 Å². The Labute approximate surface area is 172 Å². The molecule has 0 saturated carbocycles. The molecule has 0 heterocycles. The van der Waals surface area contributed by atoms with Crippen molar-refractivity contribution in [1.82, 2.24) is 5.32 Å². The molecule has 0 aliphatic heterocycles. The molecule has 0 radical (unpaired) electrons. The second kappa shape index (κ2) is 9.63. The molecule has 136 valence electrons. The summed E-state index contributed by atoms with van der Waals surface area (Å²) in [5.74, 6) is 0.0318. The summed E-state index contributed by atoms with van der Waals surface area (Å²) in [7, 11) is 0. The van der Waals surface area contributed by atoms with Crippen LogP contribution in [0.2, 0.25) is 0 Å². The summed E-state index contributed by atoms with van der Waals surface area (Å²) in [5.41, 5.74) is 1.99. The Morgan fingerprint density at radius 1 is 1.04 bits per heavy atom. The molecule has 2 rings (SSSR count). The minimum absolute atomic E-state index is 0.0130. The van der Waals surface area contributed by atoms with Gasteiger partial charge in [-0.15, -0.1) is 0 Å². The highest BCUT2D eigenvalue weighted by molar-refractivity contribution is 14.1. The van der Waals surface area contributed by atoms with E-state index in [1.807, 2.05) is 26.0 Å². The molecule has 0 saturated heterocycles. The number of hydrogen-bond acceptors (Lipinski definition) is 3. The van der Waals surface area contributed by atoms with Crippen molar-refractivity contribution in [2.75, 3.05) is 10.6 Å². The summed E-state index contributed by atoms with van der Waals surface area (Å²) in [6.45, 7) is 4.00. The monoisotopic (exact) mass is 481 g/mol. The molecule has 5 nitrogen and oxygen atoms in total. The molecular weight excluding hydrogens is 461 g/mol. The highest BCUT2D eigenvalue weighted by atomic mass is 127. The molecule has 3 N–H and O–H groups in total. The average molecular weight is 481 g/mol. The van der Waals surface area contributed by atoms with Gasteiger partial charge >= 0.3 is 0 Å². The van der Waals surface area contributed by atoms with Crippen molar-refractivity contribution < 1.29 is 9.59 Å². The number of thiocarbonyl (C=S) groups is 1. The number of halogens is 1. The fraction of sp³-hybridized carbons (Fsp3) is 0.211. The lowest BCUT2D eigenvalue weighted by atomic mass is 10.1. The number of benzene rings is 2. The van der Waals surface area contributed by atoms with Gasteiger partial charge in [0.05, 0.1) is 0 Å². The van der Waals surface area contributed by atoms with Gasteiger partial charge in [0.2, 0.25) is 5.91 Å². The number of carbonyl (C=O) groups is 2. The van der Waals surface area contributed by atoms with Gasteiger partial charge in [0.1, 0.15) is 0 Å². The van der Waals surface area contributed by atoms with Gasteiger partial charge in [-0.05, 0) is 83.2 Å². The summed E-state index contributed by atoms with van der Waals surface area (Å²) in [4.78, 5) is 23.9. The van der Waals surface area contributed by atoms with Crippen LogP contribution in [0.25, 0.3) is 0 Å². The van der Waals surface area contributed by atoms with Crippen LogP contribution < -0.4 is 16.0 Å². The van der Waals surface area contributed by atoms with Crippen molar-refractivity contribution in [3.8, 4) is 0 Å². The molecule has 0 atom stereocenters. The van der Waals surface area contributed by atoms with E-state index in [1.54, 1.807) is 36.4 Å². The topological polar surface area (TPSA) is 70.2 Å². The van der Waals surface area contributed by atoms with Crippen molar-refractivity contribution >= 4 is 63.1 Å². The normalized spacial score (nSPS) is 10.3. The quantitative estimate of drug-likeness (QED) is 0.438. The van der Waals surface area contributed by atoms with Crippen LogP contribution in [0.5, 0.6) is 0 Å². The summed E-state index contributed by atoms with van der Waals surface area (Å²) in [6.07, 6.45) is 0.481. The zero-order valence-corrected chi connectivity index (χ0v) is 17.5. The van der Waals surface area contributed by atoms with Gasteiger partial charge in [-0.1, -0.05) is 19.9 Å². The van der Waals surface area contributed by atoms with Gasteiger partial charge in [0.25, 0.3) is 5.91 Å². The fourth-order valence-corrected chi connectivity index (χ4v) is 2.94. The Bertz CT molecular complexity index is 807. The van der Waals surface area contributed by atoms with E-state index in [-0.39, 0.29) is 16.9 Å². The van der Waals surface area contributed by atoms with Gasteiger partial charge in [-0.25, -0.2) is 0 Å². The molecule has 7 heteroatoms. The van der Waals surface area contributed by atoms with Crippen molar-refractivity contribution in [1.29, 1.82) is 0 Å². The van der Waals surface area contributed by atoms with Crippen molar-refractivity contribution in [2.45, 2.75) is 20.3 Å². The minimum atomic E-state index is -0.265. The van der Waals surface area contributed by atoms with Crippen molar-refractivity contribution in [3.05, 3.63) is 57.7 Å². The molecule has 0 aliphatic carbocycles. The Morgan fingerprint density at radius 3 is 2.23 bits per heavy atom. The van der Waals surface area contributed by atoms with Gasteiger partial charge < -0.3 is 10.6 Å². The molecule has 0 fully saturated rings. The Balaban J connectivity index is 1.89. The zero-order chi connectivity index (χ0) is 19.1. The summed E-state index contributed by atoms with van der Waals surface area (Å²) >= 11 is 7.33. The first-order chi connectivity index (χ1) is 12.3. The minimum Gasteiger partial charge on any atom is -0.332 e. The molecule has 2 amide bonds. The number of anilines is 2. The second-order valence-electron chi connectivity index (χ2n) is 6.14. The highest BCUT2D eigenvalue weighted by Crippen LogP contribution is 2.15. The van der Waals surface area contributed by atoms with Crippen LogP contribution in [0.4, 0.5) is 11.4 Å². The molecule has 0 bridgehead atoms. The number of nitrogens with one attached hydrogen (secondary N) is 3. The second-order valence-corrected chi connectivity index (χ2v) is 7.80. The summed E-state index contributed by atoms with van der Waals surface area (Å²) < 4.78 is 0.976. The number of amides is 2. The molecule has 2 aromatic rings. The average Bonchev–Trinajstić information content (AvgIpc) is 2.55. The molecule has 0 unspecified atom stereocenters. The maximum atomic E-state index is 12.2. The molecule has 26 heavy (non-hydrogen) atoms. The lowest BCUT2D eigenvalue weighted by Gasteiger charge is -2.11. The van der Waals surface area contributed by atoms with E-state index in [0.29, 0.717) is 17.9 Å². The first kappa shape index (κ1) is 20.3. The SMILES string of the molecule is CC(C)CC(=O)Nc1ccc(NC(=S)NC(=O)c2cccc(I)c2)cc1. The maximum absolute atomic E-state index is 12.2. The lowest BCUT2D eigenvalue weighted by molar-refractivity contribution is -0.116. The third kappa shape index (κ3) is 6.72. The first-order valence-electron chi connectivity index (χ1n) is 8.11. The van der Waals surface area contributed by atoms with Crippen LogP contribution in [-0.4, -0.2) is 16.9 Å². The largest absolute Gasteiger partial charge is 0.332 e. The number of hydrogen-bond donors (Lipinski definition) is 3. The van der Waals surface area contributed by atoms with Crippen LogP contribution in [-0.2, 0) is 4.79 Å². The first-order valence-corrected chi connectivity index (χ1v) is 9.60. The molecule has 0 aromatic heterocycles. The van der Waals surface area contributed by atoms with Crippen LogP contribution >= 0.6 is 34.8 Å². The molecular formula is C19H20IN3O2S. The van der Waals surface area contributed by atoms with Gasteiger partial charge in [0.15, 0.2) is 5.11 Å². The Morgan fingerprint density at radius 2 is 1.65 bits per heavy atom. The summed E-state index contributed by atoms with van der Waals surface area (Å²) in [5, 5.41) is 8.66. The summed E-state index contributed by atoms with van der Waals surface area (Å²) in [6, 6.07) is 14.4. The van der Waals surface area contributed by atoms with Gasteiger partial charge in [-0.3, -0.25) is 14.9 Å². The fourth-order valence-electron chi connectivity index (χ4n) is 2.19. The number of rotatable bonds is 5. The van der Waals surface area contributed by atoms with E-state index in [1.165, 1.54) is 0 Å². The lowest BCUT2D eigenvalue weighted by Crippen LogP contribution is -2.34. The van der Waals surface area contributed by atoms with E-state index in [9.17, 15) is 9.59 Å². The zero-order valence-electron chi connectivity index (χ0n) is 14.5. The highest BCUT2D eigenvalue weighted by Gasteiger charge is 2.09. The third-order valence-electron chi connectivity index (χ3n) is 3.33. The van der Waals surface area contributed by atoms with E-state index >= 15 is 0 Å². The van der Waals surface area contributed by atoms with Crippen molar-refractivity contribution in [2.24, 2.45) is 5.92 Å². The number of carbonyl (C=O) groups excluding carboxylic acids is 2. The Hall–Kier alpha value is -2.00. The molecule has 2 aromatic carbocycles. The van der Waals surface area contributed by atoms with E-state index in [4.69, 9.17) is 12.2 Å². The predicted molar refractivity (Wildman–Crippen MR) is 117 cm³/mol. The molecule has 0 spiro atoms. The van der Waals surface area contributed by atoms with Gasteiger partial charge in [0, 0.05) is 26.9 Å². The van der Waals surface area contributed by atoms with Crippen LogP contribution in [0.1, 0.15) is 30.6 Å². The van der Waals surface area contributed by atoms with E-state index in [2.05, 4.69) is 38.5 Å². The maximum Gasteiger partial charge on any atom is 0.257 e. The van der Waals surface area contributed by atoms with Crippen molar-refractivity contribution in [3.63, 3.8) is 0 Å². The van der Waals surface area contributed by atoms with E-state index in [0.717, 1.165) is 14.9 Å². The van der Waals surface area contributed by atoms with Gasteiger partial charge in [-0.2, -0.15) is 0 Å². The standard InChI is InChI=1S/C19H20IN3O2S/c1-12(2)10-17(24)21-15-6-8-16(9-7-15)22-19(26)23-18(25)13-4-3-5-14(20)11-13/h3-9,11-12H,10H2,1-2H3,(H,21,24)(H2,22,23,25,26). The smallest absolute Gasteiger partial charge is 0.257 e.